The number of carbonyl (C=O) groups is 1. The van der Waals surface area contributed by atoms with E-state index in [0.29, 0.717) is 38.3 Å². The lowest BCUT2D eigenvalue weighted by molar-refractivity contribution is 0.0953. The fraction of sp³-hybridized carbons (Fsp3) is 0.632. The van der Waals surface area contributed by atoms with Gasteiger partial charge in [0.15, 0.2) is 0 Å². The summed E-state index contributed by atoms with van der Waals surface area (Å²) in [6, 6.07) is 4.78. The Bertz CT molecular complexity index is 736. The molecule has 8 heteroatoms. The standard InChI is InChI=1S/C19H31N3O4S/c1-15-7-8-17(27(24,25)22-12-5-4-6-16(22)2)14-18(15)19(23)21-10-9-20-11-13-26-3/h7-8,14,16,20H,4-6,9-13H2,1-3H3,(H,21,23). The number of methoxy groups -OCH3 is 1. The molecule has 2 N–H and O–H groups in total. The van der Waals surface area contributed by atoms with Gasteiger partial charge in [0.05, 0.1) is 11.5 Å². The lowest BCUT2D eigenvalue weighted by Crippen LogP contribution is -2.42. The molecular formula is C19H31N3O4S. The van der Waals surface area contributed by atoms with E-state index < -0.39 is 10.0 Å². The van der Waals surface area contributed by atoms with Gasteiger partial charge in [0.25, 0.3) is 5.91 Å². The number of sulfonamides is 1. The highest BCUT2D eigenvalue weighted by molar-refractivity contribution is 7.89. The zero-order chi connectivity index (χ0) is 19.9. The molecule has 152 valence electrons. The van der Waals surface area contributed by atoms with Gasteiger partial charge >= 0.3 is 0 Å². The first-order valence-corrected chi connectivity index (χ1v) is 10.9. The lowest BCUT2D eigenvalue weighted by atomic mass is 10.1. The summed E-state index contributed by atoms with van der Waals surface area (Å²) in [6.07, 6.45) is 2.79. The first kappa shape index (κ1) is 21.8. The van der Waals surface area contributed by atoms with Crippen molar-refractivity contribution >= 4 is 15.9 Å². The number of hydrogen-bond donors (Lipinski definition) is 2. The third-order valence-electron chi connectivity index (χ3n) is 4.87. The summed E-state index contributed by atoms with van der Waals surface area (Å²) >= 11 is 0. The van der Waals surface area contributed by atoms with Gasteiger partial charge in [-0.05, 0) is 44.4 Å². The zero-order valence-corrected chi connectivity index (χ0v) is 17.3. The molecule has 1 heterocycles. The van der Waals surface area contributed by atoms with Crippen molar-refractivity contribution in [3.8, 4) is 0 Å². The van der Waals surface area contributed by atoms with Crippen LogP contribution in [0.2, 0.25) is 0 Å². The minimum absolute atomic E-state index is 0.0134. The molecule has 1 aliphatic rings. The van der Waals surface area contributed by atoms with Gasteiger partial charge in [0.2, 0.25) is 10.0 Å². The number of nitrogens with one attached hydrogen (secondary N) is 2. The molecule has 1 aromatic rings. The third-order valence-corrected chi connectivity index (χ3v) is 6.88. The maximum absolute atomic E-state index is 13.0. The van der Waals surface area contributed by atoms with Crippen LogP contribution < -0.4 is 10.6 Å². The van der Waals surface area contributed by atoms with Gasteiger partial charge in [-0.15, -0.1) is 0 Å². The average Bonchev–Trinajstić information content (AvgIpc) is 2.64. The molecule has 1 saturated heterocycles. The number of piperidine rings is 1. The molecule has 1 unspecified atom stereocenters. The van der Waals surface area contributed by atoms with E-state index >= 15 is 0 Å². The highest BCUT2D eigenvalue weighted by Crippen LogP contribution is 2.26. The third kappa shape index (κ3) is 5.75. The topological polar surface area (TPSA) is 87.7 Å². The van der Waals surface area contributed by atoms with Crippen LogP contribution in [0.3, 0.4) is 0 Å². The highest BCUT2D eigenvalue weighted by Gasteiger charge is 2.31. The predicted molar refractivity (Wildman–Crippen MR) is 105 cm³/mol. The van der Waals surface area contributed by atoms with Crippen molar-refractivity contribution < 1.29 is 17.9 Å². The quantitative estimate of drug-likeness (QED) is 0.617. The van der Waals surface area contributed by atoms with Gasteiger partial charge < -0.3 is 15.4 Å². The van der Waals surface area contributed by atoms with Crippen molar-refractivity contribution in [2.75, 3.05) is 39.9 Å². The molecule has 0 bridgehead atoms. The largest absolute Gasteiger partial charge is 0.383 e. The summed E-state index contributed by atoms with van der Waals surface area (Å²) in [4.78, 5) is 12.7. The van der Waals surface area contributed by atoms with Crippen molar-refractivity contribution in [3.63, 3.8) is 0 Å². The smallest absolute Gasteiger partial charge is 0.251 e. The molecule has 1 amide bonds. The molecule has 27 heavy (non-hydrogen) atoms. The molecule has 0 aliphatic carbocycles. The molecule has 0 spiro atoms. The normalized spacial score (nSPS) is 18.4. The van der Waals surface area contributed by atoms with Crippen LogP contribution in [0, 0.1) is 6.92 Å². The maximum atomic E-state index is 13.0. The fourth-order valence-electron chi connectivity index (χ4n) is 3.23. The number of hydrogen-bond acceptors (Lipinski definition) is 5. The molecular weight excluding hydrogens is 366 g/mol. The molecule has 1 aromatic carbocycles. The van der Waals surface area contributed by atoms with Crippen LogP contribution in [0.15, 0.2) is 23.1 Å². The van der Waals surface area contributed by atoms with Gasteiger partial charge in [-0.25, -0.2) is 8.42 Å². The first-order valence-electron chi connectivity index (χ1n) is 9.48. The van der Waals surface area contributed by atoms with Crippen LogP contribution in [-0.2, 0) is 14.8 Å². The molecule has 0 saturated carbocycles. The minimum atomic E-state index is -3.59. The number of rotatable bonds is 9. The number of nitrogens with zero attached hydrogens (tertiary/aromatic N) is 1. The van der Waals surface area contributed by atoms with Gasteiger partial charge in [0, 0.05) is 44.9 Å². The Labute approximate surface area is 162 Å². The summed E-state index contributed by atoms with van der Waals surface area (Å²) < 4.78 is 32.5. The molecule has 2 rings (SSSR count). The van der Waals surface area contributed by atoms with E-state index in [0.717, 1.165) is 24.8 Å². The van der Waals surface area contributed by atoms with E-state index in [4.69, 9.17) is 4.74 Å². The molecule has 1 atom stereocenters. The zero-order valence-electron chi connectivity index (χ0n) is 16.5. The molecule has 1 fully saturated rings. The Hall–Kier alpha value is -1.48. The number of carbonyl (C=O) groups excluding carboxylic acids is 1. The average molecular weight is 398 g/mol. The van der Waals surface area contributed by atoms with E-state index in [9.17, 15) is 13.2 Å². The molecule has 1 aliphatic heterocycles. The van der Waals surface area contributed by atoms with Crippen LogP contribution in [0.25, 0.3) is 0 Å². The van der Waals surface area contributed by atoms with E-state index in [1.807, 2.05) is 13.8 Å². The van der Waals surface area contributed by atoms with E-state index in [-0.39, 0.29) is 16.8 Å². The van der Waals surface area contributed by atoms with Crippen LogP contribution in [0.5, 0.6) is 0 Å². The van der Waals surface area contributed by atoms with Crippen LogP contribution in [0.4, 0.5) is 0 Å². The second kappa shape index (κ2) is 10.2. The number of benzene rings is 1. The Kier molecular flexibility index (Phi) is 8.22. The van der Waals surface area contributed by atoms with Gasteiger partial charge in [-0.3, -0.25) is 4.79 Å². The lowest BCUT2D eigenvalue weighted by Gasteiger charge is -2.32. The first-order chi connectivity index (χ1) is 12.9. The summed E-state index contributed by atoms with van der Waals surface area (Å²) in [5, 5.41) is 5.98. The Morgan fingerprint density at radius 2 is 2.04 bits per heavy atom. The van der Waals surface area contributed by atoms with Crippen molar-refractivity contribution in [1.29, 1.82) is 0 Å². The predicted octanol–water partition coefficient (Wildman–Crippen LogP) is 1.52. The van der Waals surface area contributed by atoms with Crippen LogP contribution in [-0.4, -0.2) is 64.6 Å². The second-order valence-corrected chi connectivity index (χ2v) is 8.83. The Morgan fingerprint density at radius 1 is 1.26 bits per heavy atom. The minimum Gasteiger partial charge on any atom is -0.383 e. The summed E-state index contributed by atoms with van der Waals surface area (Å²) in [5.41, 5.74) is 1.16. The molecule has 7 nitrogen and oxygen atoms in total. The van der Waals surface area contributed by atoms with E-state index in [1.165, 1.54) is 6.07 Å². The highest BCUT2D eigenvalue weighted by atomic mass is 32.2. The molecule has 0 radical (unpaired) electrons. The Balaban J connectivity index is 2.07. The van der Waals surface area contributed by atoms with E-state index in [2.05, 4.69) is 10.6 Å². The van der Waals surface area contributed by atoms with Crippen molar-refractivity contribution in [2.45, 2.75) is 44.0 Å². The van der Waals surface area contributed by atoms with Gasteiger partial charge in [-0.2, -0.15) is 4.31 Å². The van der Waals surface area contributed by atoms with Gasteiger partial charge in [-0.1, -0.05) is 12.5 Å². The monoisotopic (exact) mass is 397 g/mol. The van der Waals surface area contributed by atoms with Crippen molar-refractivity contribution in [2.24, 2.45) is 0 Å². The SMILES string of the molecule is COCCNCCNC(=O)c1cc(S(=O)(=O)N2CCCCC2C)ccc1C. The maximum Gasteiger partial charge on any atom is 0.251 e. The van der Waals surface area contributed by atoms with Gasteiger partial charge in [0.1, 0.15) is 0 Å². The molecule has 0 aromatic heterocycles. The summed E-state index contributed by atoms with van der Waals surface area (Å²) in [7, 11) is -1.96. The number of ether oxygens (including phenoxy) is 1. The van der Waals surface area contributed by atoms with Crippen LogP contribution >= 0.6 is 0 Å². The van der Waals surface area contributed by atoms with Crippen LogP contribution in [0.1, 0.15) is 42.1 Å². The fourth-order valence-corrected chi connectivity index (χ4v) is 4.96. The number of amides is 1. The van der Waals surface area contributed by atoms with Crippen molar-refractivity contribution in [1.82, 2.24) is 14.9 Å². The summed E-state index contributed by atoms with van der Waals surface area (Å²) in [5.74, 6) is -0.259. The number of aryl methyl sites for hydroxylation is 1. The van der Waals surface area contributed by atoms with Crippen molar-refractivity contribution in [3.05, 3.63) is 29.3 Å². The summed E-state index contributed by atoms with van der Waals surface area (Å²) in [6.45, 7) is 6.70. The second-order valence-electron chi connectivity index (χ2n) is 6.94. The van der Waals surface area contributed by atoms with E-state index in [1.54, 1.807) is 23.5 Å². The Morgan fingerprint density at radius 3 is 2.74 bits per heavy atom.